The van der Waals surface area contributed by atoms with Gasteiger partial charge in [-0.1, -0.05) is 6.92 Å². The van der Waals surface area contributed by atoms with E-state index in [1.165, 1.54) is 0 Å². The molecule has 2 fully saturated rings. The number of carbonyl (C=O) groups excluding carboxylic acids is 2. The van der Waals surface area contributed by atoms with Gasteiger partial charge in [0.1, 0.15) is 0 Å². The van der Waals surface area contributed by atoms with Crippen LogP contribution in [0.5, 0.6) is 0 Å². The lowest BCUT2D eigenvalue weighted by molar-refractivity contribution is -0.126. The van der Waals surface area contributed by atoms with E-state index in [1.807, 2.05) is 15.9 Å². The minimum absolute atomic E-state index is 0.00111. The number of hydrogen-bond acceptors (Lipinski definition) is 3. The Bertz CT molecular complexity index is 571. The third-order valence-corrected chi connectivity index (χ3v) is 5.01. The predicted molar refractivity (Wildman–Crippen MR) is 90.3 cm³/mol. The molecule has 7 nitrogen and oxygen atoms in total. The molecule has 0 atom stereocenters. The molecule has 2 N–H and O–H groups in total. The molecule has 0 spiro atoms. The van der Waals surface area contributed by atoms with Gasteiger partial charge in [-0.2, -0.15) is 5.10 Å². The number of nitrogens with one attached hydrogen (secondary N) is 2. The average Bonchev–Trinajstić information content (AvgIpc) is 3.30. The van der Waals surface area contributed by atoms with E-state index in [4.69, 9.17) is 0 Å². The Balaban J connectivity index is 1.42. The summed E-state index contributed by atoms with van der Waals surface area (Å²) in [6.07, 6.45) is 4.59. The van der Waals surface area contributed by atoms with Crippen LogP contribution in [-0.2, 0) is 17.8 Å². The number of rotatable bonds is 4. The molecule has 24 heavy (non-hydrogen) atoms. The molecule has 3 heterocycles. The van der Waals surface area contributed by atoms with Crippen molar-refractivity contribution >= 4 is 11.9 Å². The van der Waals surface area contributed by atoms with Crippen LogP contribution in [0.15, 0.2) is 6.07 Å². The van der Waals surface area contributed by atoms with E-state index in [9.17, 15) is 9.59 Å². The van der Waals surface area contributed by atoms with Crippen LogP contribution in [0.4, 0.5) is 4.79 Å². The second kappa shape index (κ2) is 7.68. The van der Waals surface area contributed by atoms with Crippen LogP contribution in [-0.4, -0.2) is 58.1 Å². The molecule has 132 valence electrons. The van der Waals surface area contributed by atoms with Gasteiger partial charge >= 0.3 is 6.03 Å². The van der Waals surface area contributed by atoms with Gasteiger partial charge in [0.15, 0.2) is 0 Å². The summed E-state index contributed by atoms with van der Waals surface area (Å²) in [7, 11) is 0. The topological polar surface area (TPSA) is 81.3 Å². The summed E-state index contributed by atoms with van der Waals surface area (Å²) in [5.41, 5.74) is 1.94. The summed E-state index contributed by atoms with van der Waals surface area (Å²) in [4.78, 5) is 28.5. The monoisotopic (exact) mass is 333 g/mol. The molecule has 2 aliphatic heterocycles. The molecule has 1 aromatic heterocycles. The van der Waals surface area contributed by atoms with Crippen molar-refractivity contribution in [1.29, 1.82) is 0 Å². The second-order valence-corrected chi connectivity index (χ2v) is 6.69. The Morgan fingerprint density at radius 1 is 1.21 bits per heavy atom. The third kappa shape index (κ3) is 3.88. The van der Waals surface area contributed by atoms with Gasteiger partial charge in [-0.3, -0.25) is 9.89 Å². The highest BCUT2D eigenvalue weighted by Gasteiger charge is 2.30. The normalized spacial score (nSPS) is 18.9. The zero-order valence-corrected chi connectivity index (χ0v) is 14.4. The summed E-state index contributed by atoms with van der Waals surface area (Å²) >= 11 is 0. The molecule has 2 aliphatic rings. The molecule has 1 aromatic rings. The number of hydrogen-bond donors (Lipinski definition) is 2. The van der Waals surface area contributed by atoms with Crippen molar-refractivity contribution in [3.8, 4) is 0 Å². The summed E-state index contributed by atoms with van der Waals surface area (Å²) < 4.78 is 0. The summed E-state index contributed by atoms with van der Waals surface area (Å²) in [6.45, 7) is 5.65. The lowest BCUT2D eigenvalue weighted by Crippen LogP contribution is -2.47. The maximum atomic E-state index is 12.4. The van der Waals surface area contributed by atoms with Gasteiger partial charge in [-0.15, -0.1) is 0 Å². The molecular formula is C17H27N5O2. The molecule has 7 heteroatoms. The van der Waals surface area contributed by atoms with Gasteiger partial charge in [-0.25, -0.2) is 4.79 Å². The number of piperidine rings is 1. The van der Waals surface area contributed by atoms with Crippen LogP contribution in [0.2, 0.25) is 0 Å². The van der Waals surface area contributed by atoms with Gasteiger partial charge < -0.3 is 15.1 Å². The molecule has 0 bridgehead atoms. The molecule has 0 unspecified atom stereocenters. The van der Waals surface area contributed by atoms with Gasteiger partial charge in [-0.05, 0) is 38.2 Å². The standard InChI is InChI=1S/C17H27N5O2/c1-2-14-11-15(20-19-14)12-18-16(23)13-5-9-22(10-6-13)17(24)21-7-3-4-8-21/h11,13H,2-10,12H2,1H3,(H,18,23)(H,19,20). The average molecular weight is 333 g/mol. The summed E-state index contributed by atoms with van der Waals surface area (Å²) in [6, 6.07) is 2.13. The SMILES string of the molecule is CCc1cc(CNC(=O)C2CCN(C(=O)N3CCCC3)CC2)[nH]n1. The number of aryl methyl sites for hydroxylation is 1. The van der Waals surface area contributed by atoms with Crippen LogP contribution in [0.25, 0.3) is 0 Å². The van der Waals surface area contributed by atoms with Gasteiger partial charge in [0, 0.05) is 32.1 Å². The van der Waals surface area contributed by atoms with E-state index >= 15 is 0 Å². The number of urea groups is 1. The largest absolute Gasteiger partial charge is 0.350 e. The fourth-order valence-electron chi connectivity index (χ4n) is 3.45. The number of aromatic nitrogens is 2. The highest BCUT2D eigenvalue weighted by atomic mass is 16.2. The zero-order chi connectivity index (χ0) is 16.9. The van der Waals surface area contributed by atoms with E-state index < -0.39 is 0 Å². The number of carbonyl (C=O) groups is 2. The zero-order valence-electron chi connectivity index (χ0n) is 14.4. The fourth-order valence-corrected chi connectivity index (χ4v) is 3.45. The van der Waals surface area contributed by atoms with E-state index in [0.29, 0.717) is 19.6 Å². The summed E-state index contributed by atoms with van der Waals surface area (Å²) in [5, 5.41) is 10.1. The third-order valence-electron chi connectivity index (χ3n) is 5.01. The Morgan fingerprint density at radius 3 is 2.50 bits per heavy atom. The van der Waals surface area contributed by atoms with Gasteiger partial charge in [0.2, 0.25) is 5.91 Å². The Kier molecular flexibility index (Phi) is 5.37. The number of nitrogens with zero attached hydrogens (tertiary/aromatic N) is 3. The Labute approximate surface area is 142 Å². The smallest absolute Gasteiger partial charge is 0.319 e. The first-order valence-electron chi connectivity index (χ1n) is 9.02. The predicted octanol–water partition coefficient (Wildman–Crippen LogP) is 1.52. The highest BCUT2D eigenvalue weighted by Crippen LogP contribution is 2.20. The molecular weight excluding hydrogens is 306 g/mol. The maximum absolute atomic E-state index is 12.4. The van der Waals surface area contributed by atoms with Crippen LogP contribution >= 0.6 is 0 Å². The first-order chi connectivity index (χ1) is 11.7. The molecule has 0 radical (unpaired) electrons. The van der Waals surface area contributed by atoms with E-state index in [0.717, 1.165) is 56.6 Å². The number of H-pyrrole nitrogens is 1. The van der Waals surface area contributed by atoms with Crippen LogP contribution < -0.4 is 5.32 Å². The van der Waals surface area contributed by atoms with Crippen molar-refractivity contribution in [2.24, 2.45) is 5.92 Å². The van der Waals surface area contributed by atoms with Crippen LogP contribution in [0, 0.1) is 5.92 Å². The van der Waals surface area contributed by atoms with Gasteiger partial charge in [0.05, 0.1) is 17.9 Å². The Morgan fingerprint density at radius 2 is 1.88 bits per heavy atom. The first kappa shape index (κ1) is 16.8. The van der Waals surface area contributed by atoms with Crippen molar-refractivity contribution in [3.05, 3.63) is 17.5 Å². The lowest BCUT2D eigenvalue weighted by atomic mass is 9.96. The van der Waals surface area contributed by atoms with Crippen LogP contribution in [0.1, 0.15) is 44.0 Å². The minimum Gasteiger partial charge on any atom is -0.350 e. The minimum atomic E-state index is 0.00111. The number of amides is 3. The first-order valence-corrected chi connectivity index (χ1v) is 9.02. The Hall–Kier alpha value is -2.05. The van der Waals surface area contributed by atoms with Crippen molar-refractivity contribution in [1.82, 2.24) is 25.3 Å². The lowest BCUT2D eigenvalue weighted by Gasteiger charge is -2.34. The van der Waals surface area contributed by atoms with Gasteiger partial charge in [0.25, 0.3) is 0 Å². The van der Waals surface area contributed by atoms with Crippen molar-refractivity contribution in [2.45, 2.75) is 45.6 Å². The number of likely N-dealkylation sites (tertiary alicyclic amines) is 2. The molecule has 0 aliphatic carbocycles. The molecule has 3 amide bonds. The molecule has 0 saturated carbocycles. The van der Waals surface area contributed by atoms with Crippen molar-refractivity contribution in [2.75, 3.05) is 26.2 Å². The fraction of sp³-hybridized carbons (Fsp3) is 0.706. The van der Waals surface area contributed by atoms with Crippen LogP contribution in [0.3, 0.4) is 0 Å². The second-order valence-electron chi connectivity index (χ2n) is 6.69. The molecule has 0 aromatic carbocycles. The van der Waals surface area contributed by atoms with Crippen molar-refractivity contribution < 1.29 is 9.59 Å². The van der Waals surface area contributed by atoms with E-state index in [1.54, 1.807) is 0 Å². The van der Waals surface area contributed by atoms with E-state index in [-0.39, 0.29) is 17.9 Å². The van der Waals surface area contributed by atoms with E-state index in [2.05, 4.69) is 22.4 Å². The maximum Gasteiger partial charge on any atom is 0.319 e. The quantitative estimate of drug-likeness (QED) is 0.876. The van der Waals surface area contributed by atoms with Crippen molar-refractivity contribution in [3.63, 3.8) is 0 Å². The molecule has 2 saturated heterocycles. The highest BCUT2D eigenvalue weighted by molar-refractivity contribution is 5.79. The summed E-state index contributed by atoms with van der Waals surface area (Å²) in [5.74, 6) is 0.0807. The number of aromatic amines is 1. The molecule has 3 rings (SSSR count).